The summed E-state index contributed by atoms with van der Waals surface area (Å²) >= 11 is 0. The molecule has 0 saturated carbocycles. The van der Waals surface area contributed by atoms with Crippen molar-refractivity contribution in [1.82, 2.24) is 0 Å². The number of aromatic hydroxyl groups is 4. The van der Waals surface area contributed by atoms with Gasteiger partial charge in [-0.25, -0.2) is 0 Å². The monoisotopic (exact) mass is 432 g/mol. The second kappa shape index (κ2) is 7.75. The van der Waals surface area contributed by atoms with Crippen LogP contribution in [0.2, 0.25) is 0 Å². The Bertz CT molecular complexity index is 1200. The number of rotatable bonds is 3. The second-order valence-electron chi connectivity index (χ2n) is 7.35. The van der Waals surface area contributed by atoms with Crippen molar-refractivity contribution >= 4 is 11.0 Å². The smallest absolute Gasteiger partial charge is 0.197 e. The maximum Gasteiger partial charge on any atom is 0.197 e. The highest BCUT2D eigenvalue weighted by Gasteiger charge is 2.39. The molecule has 7 N–H and O–H groups in total. The van der Waals surface area contributed by atoms with Gasteiger partial charge in [-0.15, -0.1) is 0 Å². The lowest BCUT2D eigenvalue weighted by atomic mass is 9.92. The van der Waals surface area contributed by atoms with Crippen molar-refractivity contribution < 1.29 is 44.9 Å². The van der Waals surface area contributed by atoms with E-state index < -0.39 is 53.7 Å². The predicted molar refractivity (Wildman–Crippen MR) is 106 cm³/mol. The first-order valence-corrected chi connectivity index (χ1v) is 9.38. The van der Waals surface area contributed by atoms with Gasteiger partial charge in [0.1, 0.15) is 34.9 Å². The van der Waals surface area contributed by atoms with Gasteiger partial charge < -0.3 is 44.9 Å². The topological polar surface area (TPSA) is 181 Å². The van der Waals surface area contributed by atoms with E-state index in [2.05, 4.69) is 0 Å². The maximum atomic E-state index is 12.7. The molecule has 0 aliphatic carbocycles. The van der Waals surface area contributed by atoms with Crippen LogP contribution in [0.1, 0.15) is 18.1 Å². The highest BCUT2D eigenvalue weighted by molar-refractivity contribution is 5.89. The maximum absolute atomic E-state index is 12.7. The van der Waals surface area contributed by atoms with Gasteiger partial charge in [-0.05, 0) is 18.2 Å². The van der Waals surface area contributed by atoms with Gasteiger partial charge in [0.05, 0.1) is 24.4 Å². The fourth-order valence-electron chi connectivity index (χ4n) is 3.74. The molecule has 3 aromatic rings. The number of ether oxygens (including phenoxy) is 1. The van der Waals surface area contributed by atoms with Crippen LogP contribution in [-0.4, -0.2) is 60.7 Å². The summed E-state index contributed by atoms with van der Waals surface area (Å²) in [5, 5.41) is 69.3. The highest BCUT2D eigenvalue weighted by Crippen LogP contribution is 2.43. The molecule has 0 radical (unpaired) electrons. The fourth-order valence-corrected chi connectivity index (χ4v) is 3.74. The van der Waals surface area contributed by atoms with E-state index in [-0.39, 0.29) is 40.0 Å². The first kappa shape index (κ1) is 20.9. The zero-order chi connectivity index (χ0) is 22.4. The molecule has 0 spiro atoms. The Morgan fingerprint density at radius 3 is 2.35 bits per heavy atom. The molecule has 164 valence electrons. The molecule has 1 aliphatic rings. The number of aliphatic hydroxyl groups excluding tert-OH is 3. The molecule has 2 heterocycles. The van der Waals surface area contributed by atoms with Crippen LogP contribution in [0.15, 0.2) is 39.5 Å². The number of phenolic OH excluding ortho intramolecular Hbond substituents is 4. The summed E-state index contributed by atoms with van der Waals surface area (Å²) in [4.78, 5) is 12.7. The van der Waals surface area contributed by atoms with Crippen molar-refractivity contribution in [3.8, 4) is 34.3 Å². The lowest BCUT2D eigenvalue weighted by molar-refractivity contribution is -0.181. The van der Waals surface area contributed by atoms with Crippen LogP contribution in [-0.2, 0) is 4.74 Å². The lowest BCUT2D eigenvalue weighted by Crippen LogP contribution is -2.47. The summed E-state index contributed by atoms with van der Waals surface area (Å²) in [6.07, 6.45) is -5.05. The summed E-state index contributed by atoms with van der Waals surface area (Å²) in [6, 6.07) is 5.77. The number of phenols is 4. The van der Waals surface area contributed by atoms with Crippen molar-refractivity contribution in [3.63, 3.8) is 0 Å². The molecular weight excluding hydrogens is 412 g/mol. The van der Waals surface area contributed by atoms with Crippen LogP contribution in [0.25, 0.3) is 22.3 Å². The number of fused-ring (bicyclic) bond motifs is 1. The average molecular weight is 432 g/mol. The van der Waals surface area contributed by atoms with Crippen molar-refractivity contribution in [1.29, 1.82) is 0 Å². The Morgan fingerprint density at radius 1 is 0.935 bits per heavy atom. The number of benzene rings is 2. The number of hydrogen-bond acceptors (Lipinski definition) is 10. The van der Waals surface area contributed by atoms with Gasteiger partial charge in [-0.3, -0.25) is 4.79 Å². The third-order valence-electron chi connectivity index (χ3n) is 5.33. The molecule has 31 heavy (non-hydrogen) atoms. The first-order chi connectivity index (χ1) is 14.7. The van der Waals surface area contributed by atoms with Gasteiger partial charge in [0.25, 0.3) is 0 Å². The summed E-state index contributed by atoms with van der Waals surface area (Å²) in [5.74, 6) is -1.88. The Balaban J connectivity index is 1.94. The van der Waals surface area contributed by atoms with E-state index in [1.165, 1.54) is 18.2 Å². The van der Waals surface area contributed by atoms with E-state index in [1.807, 2.05) is 0 Å². The largest absolute Gasteiger partial charge is 0.507 e. The Morgan fingerprint density at radius 2 is 1.68 bits per heavy atom. The van der Waals surface area contributed by atoms with Gasteiger partial charge in [0.2, 0.25) is 0 Å². The molecule has 4 rings (SSSR count). The minimum atomic E-state index is -1.35. The van der Waals surface area contributed by atoms with E-state index in [0.29, 0.717) is 0 Å². The molecule has 1 saturated heterocycles. The highest BCUT2D eigenvalue weighted by atomic mass is 16.5. The van der Waals surface area contributed by atoms with Crippen LogP contribution in [0.5, 0.6) is 23.0 Å². The summed E-state index contributed by atoms with van der Waals surface area (Å²) in [5.41, 5.74) is -0.703. The molecular formula is C21H20O10. The normalized spacial score (nSPS) is 23.8. The summed E-state index contributed by atoms with van der Waals surface area (Å²) in [7, 11) is 0. The molecule has 10 heteroatoms. The second-order valence-corrected chi connectivity index (χ2v) is 7.35. The molecule has 4 atom stereocenters. The third-order valence-corrected chi connectivity index (χ3v) is 5.33. The average Bonchev–Trinajstić information content (AvgIpc) is 2.71. The van der Waals surface area contributed by atoms with Crippen molar-refractivity contribution in [2.24, 2.45) is 0 Å². The SMILES string of the molecule is O=c1cc(-c2ccc(O)c(O)c2)oc2c(C3CC(O)C(O)C(CO)O3)c(O)cc(O)c12. The Hall–Kier alpha value is -3.31. The number of hydrogen-bond donors (Lipinski definition) is 7. The lowest BCUT2D eigenvalue weighted by Gasteiger charge is -2.36. The van der Waals surface area contributed by atoms with Crippen molar-refractivity contribution in [2.45, 2.75) is 30.8 Å². The zero-order valence-electron chi connectivity index (χ0n) is 16.0. The molecule has 10 nitrogen and oxygen atoms in total. The molecule has 4 unspecified atom stereocenters. The van der Waals surface area contributed by atoms with E-state index >= 15 is 0 Å². The fraction of sp³-hybridized carbons (Fsp3) is 0.286. The predicted octanol–water partition coefficient (Wildman–Crippen LogP) is 0.826. The van der Waals surface area contributed by atoms with Crippen LogP contribution in [0.4, 0.5) is 0 Å². The molecule has 1 aromatic heterocycles. The standard InChI is InChI=1S/C21H20O10/c22-7-17-20(29)14(28)6-16(30-17)19-12(26)4-11(25)18-13(27)5-15(31-21(18)19)8-1-2-9(23)10(24)3-8/h1-5,14,16-17,20,22-26,28-29H,6-7H2. The number of aliphatic hydroxyl groups is 3. The van der Waals surface area contributed by atoms with Gasteiger partial charge in [0.15, 0.2) is 22.5 Å². The molecule has 2 aromatic carbocycles. The first-order valence-electron chi connectivity index (χ1n) is 9.38. The van der Waals surface area contributed by atoms with Crippen LogP contribution in [0, 0.1) is 0 Å². The molecule has 0 amide bonds. The van der Waals surface area contributed by atoms with Crippen LogP contribution >= 0.6 is 0 Å². The van der Waals surface area contributed by atoms with E-state index in [1.54, 1.807) is 0 Å². The molecule has 1 fully saturated rings. The zero-order valence-corrected chi connectivity index (χ0v) is 16.0. The summed E-state index contributed by atoms with van der Waals surface area (Å²) in [6.45, 7) is -0.604. The Kier molecular flexibility index (Phi) is 5.23. The van der Waals surface area contributed by atoms with Gasteiger partial charge in [-0.1, -0.05) is 0 Å². The third kappa shape index (κ3) is 3.55. The summed E-state index contributed by atoms with van der Waals surface area (Å²) < 4.78 is 11.4. The minimum absolute atomic E-state index is 0.0332. The van der Waals surface area contributed by atoms with Crippen molar-refractivity contribution in [2.75, 3.05) is 6.61 Å². The van der Waals surface area contributed by atoms with E-state index in [9.17, 15) is 40.5 Å². The van der Waals surface area contributed by atoms with Gasteiger partial charge in [-0.2, -0.15) is 0 Å². The molecule has 1 aliphatic heterocycles. The Labute approximate surface area is 174 Å². The quantitative estimate of drug-likeness (QED) is 0.293. The van der Waals surface area contributed by atoms with E-state index in [4.69, 9.17) is 9.15 Å². The van der Waals surface area contributed by atoms with Crippen LogP contribution in [0.3, 0.4) is 0 Å². The van der Waals surface area contributed by atoms with Gasteiger partial charge in [0, 0.05) is 24.1 Å². The molecule has 0 bridgehead atoms. The van der Waals surface area contributed by atoms with Gasteiger partial charge >= 0.3 is 0 Å². The van der Waals surface area contributed by atoms with Crippen LogP contribution < -0.4 is 5.43 Å². The minimum Gasteiger partial charge on any atom is -0.507 e. The van der Waals surface area contributed by atoms with E-state index in [0.717, 1.165) is 12.1 Å². The van der Waals surface area contributed by atoms with Crippen molar-refractivity contribution in [3.05, 3.63) is 46.1 Å².